The molecule has 0 spiro atoms. The molecule has 1 atom stereocenters. The average molecular weight is 341 g/mol. The minimum atomic E-state index is -0.0217. The van der Waals surface area contributed by atoms with Gasteiger partial charge in [0.1, 0.15) is 0 Å². The zero-order valence-electron chi connectivity index (χ0n) is 15.5. The number of aromatic nitrogens is 2. The maximum absolute atomic E-state index is 13.9. The summed E-state index contributed by atoms with van der Waals surface area (Å²) in [6.07, 6.45) is 14.4. The van der Waals surface area contributed by atoms with Crippen molar-refractivity contribution in [1.29, 1.82) is 0 Å². The van der Waals surface area contributed by atoms with E-state index in [4.69, 9.17) is 0 Å². The fourth-order valence-electron chi connectivity index (χ4n) is 6.95. The molecule has 25 heavy (non-hydrogen) atoms. The number of rotatable bonds is 2. The van der Waals surface area contributed by atoms with Crippen LogP contribution in [0.1, 0.15) is 75.9 Å². The molecule has 4 nitrogen and oxygen atoms in total. The lowest BCUT2D eigenvalue weighted by atomic mass is 9.49. The van der Waals surface area contributed by atoms with E-state index >= 15 is 0 Å². The van der Waals surface area contributed by atoms with Crippen molar-refractivity contribution in [3.8, 4) is 0 Å². The van der Waals surface area contributed by atoms with E-state index in [9.17, 15) is 4.79 Å². The van der Waals surface area contributed by atoms with E-state index in [2.05, 4.69) is 16.1 Å². The zero-order valence-corrected chi connectivity index (χ0v) is 15.5. The smallest absolute Gasteiger partial charge is 0.229 e. The van der Waals surface area contributed by atoms with Crippen LogP contribution >= 0.6 is 0 Å². The summed E-state index contributed by atoms with van der Waals surface area (Å²) < 4.78 is 1.88. The normalized spacial score (nSPS) is 40.3. The van der Waals surface area contributed by atoms with Crippen molar-refractivity contribution in [2.45, 2.75) is 70.3 Å². The maximum atomic E-state index is 13.9. The van der Waals surface area contributed by atoms with E-state index in [-0.39, 0.29) is 11.5 Å². The van der Waals surface area contributed by atoms with Crippen LogP contribution in [0.5, 0.6) is 0 Å². The third-order valence-corrected chi connectivity index (χ3v) is 7.58. The summed E-state index contributed by atoms with van der Waals surface area (Å²) >= 11 is 0. The summed E-state index contributed by atoms with van der Waals surface area (Å²) in [5, 5.41) is 4.68. The minimum absolute atomic E-state index is 0.0217. The van der Waals surface area contributed by atoms with E-state index in [1.165, 1.54) is 51.4 Å². The van der Waals surface area contributed by atoms with Crippen molar-refractivity contribution in [3.05, 3.63) is 18.0 Å². The predicted octanol–water partition coefficient (Wildman–Crippen LogP) is 4.08. The first-order valence-electron chi connectivity index (χ1n) is 10.4. The molecule has 1 unspecified atom stereocenters. The van der Waals surface area contributed by atoms with Crippen LogP contribution in [-0.4, -0.2) is 27.1 Å². The Morgan fingerprint density at radius 1 is 1.08 bits per heavy atom. The second kappa shape index (κ2) is 5.85. The molecule has 1 aliphatic heterocycles. The summed E-state index contributed by atoms with van der Waals surface area (Å²) in [4.78, 5) is 16.2. The molecule has 1 aromatic heterocycles. The Hall–Kier alpha value is -1.32. The number of hydrogen-bond donors (Lipinski definition) is 0. The first kappa shape index (κ1) is 15.9. The van der Waals surface area contributed by atoms with Crippen molar-refractivity contribution in [2.75, 3.05) is 6.54 Å². The number of carbonyl (C=O) groups excluding carboxylic acids is 1. The largest absolute Gasteiger partial charge is 0.334 e. The van der Waals surface area contributed by atoms with Gasteiger partial charge >= 0.3 is 0 Å². The van der Waals surface area contributed by atoms with E-state index in [1.807, 2.05) is 17.9 Å². The topological polar surface area (TPSA) is 38.1 Å². The van der Waals surface area contributed by atoms with Gasteiger partial charge in [-0.25, -0.2) is 0 Å². The van der Waals surface area contributed by atoms with Crippen LogP contribution in [0.2, 0.25) is 0 Å². The highest BCUT2D eigenvalue weighted by Crippen LogP contribution is 2.61. The van der Waals surface area contributed by atoms with Gasteiger partial charge in [0.2, 0.25) is 5.91 Å². The second-order valence-electron chi connectivity index (χ2n) is 9.48. The van der Waals surface area contributed by atoms with Gasteiger partial charge in [0.15, 0.2) is 0 Å². The molecule has 1 aromatic rings. The average Bonchev–Trinajstić information content (AvgIpc) is 2.86. The molecule has 5 aliphatic rings. The van der Waals surface area contributed by atoms with Gasteiger partial charge in [-0.05, 0) is 75.2 Å². The highest BCUT2D eigenvalue weighted by Gasteiger charge is 2.56. The highest BCUT2D eigenvalue weighted by atomic mass is 16.2. The predicted molar refractivity (Wildman–Crippen MR) is 96.7 cm³/mol. The second-order valence-corrected chi connectivity index (χ2v) is 9.48. The molecule has 0 aromatic carbocycles. The van der Waals surface area contributed by atoms with Crippen LogP contribution in [0.15, 0.2) is 12.3 Å². The van der Waals surface area contributed by atoms with E-state index in [0.717, 1.165) is 42.8 Å². The molecule has 0 N–H and O–H groups in total. The van der Waals surface area contributed by atoms with Crippen LogP contribution in [0.25, 0.3) is 0 Å². The molecule has 1 saturated heterocycles. The van der Waals surface area contributed by atoms with Gasteiger partial charge in [0.05, 0.1) is 17.2 Å². The Labute approximate surface area is 151 Å². The van der Waals surface area contributed by atoms with Gasteiger partial charge in [-0.1, -0.05) is 12.8 Å². The number of carbonyl (C=O) groups is 1. The zero-order chi connectivity index (χ0) is 17.0. The molecule has 6 rings (SSSR count). The van der Waals surface area contributed by atoms with Crippen LogP contribution in [0, 0.1) is 23.2 Å². The summed E-state index contributed by atoms with van der Waals surface area (Å²) in [5.74, 6) is 2.98. The van der Waals surface area contributed by atoms with E-state index < -0.39 is 0 Å². The standard InChI is InChI=1S/C21H31N3O/c1-23-8-6-18(22-23)19-5-3-2-4-7-24(19)20(25)21-12-15-9-16(13-21)11-17(10-15)14-21/h6,8,15-17,19H,2-5,7,9-14H2,1H3. The Kier molecular flexibility index (Phi) is 3.72. The fourth-order valence-corrected chi connectivity index (χ4v) is 6.95. The van der Waals surface area contributed by atoms with Crippen LogP contribution < -0.4 is 0 Å². The SMILES string of the molecule is Cn1ccc(C2CCCCCN2C(=O)C23CC4CC(CC(C4)C2)C3)n1. The molecular formula is C21H31N3O. The summed E-state index contributed by atoms with van der Waals surface area (Å²) in [7, 11) is 1.98. The molecule has 5 fully saturated rings. The van der Waals surface area contributed by atoms with E-state index in [0.29, 0.717) is 5.91 Å². The molecule has 2 heterocycles. The van der Waals surface area contributed by atoms with Gasteiger partial charge in [0, 0.05) is 19.8 Å². The summed E-state index contributed by atoms with van der Waals surface area (Å²) in [5.41, 5.74) is 1.08. The first-order valence-corrected chi connectivity index (χ1v) is 10.4. The number of likely N-dealkylation sites (tertiary alicyclic amines) is 1. The molecule has 4 aliphatic carbocycles. The highest BCUT2D eigenvalue weighted by molar-refractivity contribution is 5.83. The molecule has 4 bridgehead atoms. The van der Waals surface area contributed by atoms with Crippen molar-refractivity contribution >= 4 is 5.91 Å². The number of aryl methyl sites for hydroxylation is 1. The maximum Gasteiger partial charge on any atom is 0.229 e. The molecule has 0 radical (unpaired) electrons. The molecular weight excluding hydrogens is 310 g/mol. The quantitative estimate of drug-likeness (QED) is 0.813. The summed E-state index contributed by atoms with van der Waals surface area (Å²) in [6.45, 7) is 0.932. The lowest BCUT2D eigenvalue weighted by Crippen LogP contribution is -2.55. The van der Waals surface area contributed by atoms with Crippen molar-refractivity contribution in [1.82, 2.24) is 14.7 Å². The van der Waals surface area contributed by atoms with Crippen LogP contribution in [0.3, 0.4) is 0 Å². The third-order valence-electron chi connectivity index (χ3n) is 7.58. The Morgan fingerprint density at radius 3 is 2.36 bits per heavy atom. The Balaban J connectivity index is 1.46. The molecule has 4 heteroatoms. The molecule has 136 valence electrons. The van der Waals surface area contributed by atoms with Gasteiger partial charge in [-0.15, -0.1) is 0 Å². The fraction of sp³-hybridized carbons (Fsp3) is 0.810. The van der Waals surface area contributed by atoms with Crippen LogP contribution in [-0.2, 0) is 11.8 Å². The Bertz CT molecular complexity index is 629. The molecule has 4 saturated carbocycles. The summed E-state index contributed by atoms with van der Waals surface area (Å²) in [6, 6.07) is 2.32. The van der Waals surface area contributed by atoms with Gasteiger partial charge < -0.3 is 4.90 Å². The lowest BCUT2D eigenvalue weighted by Gasteiger charge is -2.57. The van der Waals surface area contributed by atoms with E-state index in [1.54, 1.807) is 0 Å². The monoisotopic (exact) mass is 341 g/mol. The number of amides is 1. The van der Waals surface area contributed by atoms with Gasteiger partial charge in [-0.3, -0.25) is 9.48 Å². The van der Waals surface area contributed by atoms with Crippen molar-refractivity contribution in [2.24, 2.45) is 30.2 Å². The number of hydrogen-bond acceptors (Lipinski definition) is 2. The van der Waals surface area contributed by atoms with Crippen molar-refractivity contribution < 1.29 is 4.79 Å². The van der Waals surface area contributed by atoms with Gasteiger partial charge in [-0.2, -0.15) is 5.10 Å². The minimum Gasteiger partial charge on any atom is -0.334 e. The number of nitrogens with zero attached hydrogens (tertiary/aromatic N) is 3. The van der Waals surface area contributed by atoms with Gasteiger partial charge in [0.25, 0.3) is 0 Å². The third kappa shape index (κ3) is 2.63. The van der Waals surface area contributed by atoms with Crippen molar-refractivity contribution in [3.63, 3.8) is 0 Å². The van der Waals surface area contributed by atoms with Crippen LogP contribution in [0.4, 0.5) is 0 Å². The first-order chi connectivity index (χ1) is 12.1. The molecule has 1 amide bonds. The Morgan fingerprint density at radius 2 is 1.76 bits per heavy atom. The lowest BCUT2D eigenvalue weighted by molar-refractivity contribution is -0.160.